The molecule has 0 aliphatic rings. The Hall–Kier alpha value is -1.84. The van der Waals surface area contributed by atoms with E-state index >= 15 is 0 Å². The van der Waals surface area contributed by atoms with E-state index in [0.717, 1.165) is 0 Å². The normalized spacial score (nSPS) is 11.6. The van der Waals surface area contributed by atoms with Crippen LogP contribution in [0.15, 0.2) is 30.3 Å². The van der Waals surface area contributed by atoms with Gasteiger partial charge in [-0.3, -0.25) is 9.59 Å². The lowest BCUT2D eigenvalue weighted by atomic mass is 10.2. The summed E-state index contributed by atoms with van der Waals surface area (Å²) in [7, 11) is 1.30. The van der Waals surface area contributed by atoms with Gasteiger partial charge in [-0.2, -0.15) is 0 Å². The van der Waals surface area contributed by atoms with Gasteiger partial charge in [-0.1, -0.05) is 18.2 Å². The molecule has 1 atom stereocenters. The molecule has 0 spiro atoms. The number of benzene rings is 1. The zero-order valence-corrected chi connectivity index (χ0v) is 9.10. The van der Waals surface area contributed by atoms with E-state index < -0.39 is 12.0 Å². The molecule has 1 amide bonds. The summed E-state index contributed by atoms with van der Waals surface area (Å²) >= 11 is 0. The van der Waals surface area contributed by atoms with E-state index in [4.69, 9.17) is 0 Å². The van der Waals surface area contributed by atoms with Crippen LogP contribution in [0.1, 0.15) is 16.8 Å². The topological polar surface area (TPSA) is 55.4 Å². The van der Waals surface area contributed by atoms with Gasteiger partial charge in [0.2, 0.25) is 0 Å². The first-order valence-electron chi connectivity index (χ1n) is 4.89. The molecule has 1 N–H and O–H groups in total. The van der Waals surface area contributed by atoms with Crippen molar-refractivity contribution in [3.05, 3.63) is 42.8 Å². The molecule has 0 unspecified atom stereocenters. The maximum absolute atomic E-state index is 11.6. The van der Waals surface area contributed by atoms with Crippen molar-refractivity contribution < 1.29 is 14.3 Å². The summed E-state index contributed by atoms with van der Waals surface area (Å²) in [5.74, 6) is -0.641. The van der Waals surface area contributed by atoms with Crippen LogP contribution in [0.3, 0.4) is 0 Å². The first-order chi connectivity index (χ1) is 7.63. The predicted octanol–water partition coefficient (Wildman–Crippen LogP) is 1.18. The smallest absolute Gasteiger partial charge is 0.307 e. The minimum absolute atomic E-state index is 0.0646. The van der Waals surface area contributed by atoms with Crippen LogP contribution in [0.5, 0.6) is 0 Å². The van der Waals surface area contributed by atoms with Gasteiger partial charge in [0.1, 0.15) is 0 Å². The fourth-order valence-corrected chi connectivity index (χ4v) is 1.19. The molecule has 0 aliphatic carbocycles. The molecule has 1 radical (unpaired) electrons. The quantitative estimate of drug-likeness (QED) is 0.775. The van der Waals surface area contributed by atoms with Crippen molar-refractivity contribution >= 4 is 11.9 Å². The van der Waals surface area contributed by atoms with E-state index in [1.165, 1.54) is 7.11 Å². The molecule has 0 heterocycles. The number of amides is 1. The van der Waals surface area contributed by atoms with E-state index in [1.807, 2.05) is 6.07 Å². The number of ether oxygens (including phenoxy) is 1. The number of carbonyl (C=O) groups is 2. The van der Waals surface area contributed by atoms with Crippen molar-refractivity contribution in [1.29, 1.82) is 0 Å². The van der Waals surface area contributed by atoms with E-state index in [0.29, 0.717) is 5.56 Å². The Kier molecular flexibility index (Phi) is 4.51. The molecule has 0 aromatic heterocycles. The van der Waals surface area contributed by atoms with Crippen molar-refractivity contribution in [2.24, 2.45) is 0 Å². The average Bonchev–Trinajstić information content (AvgIpc) is 2.29. The van der Waals surface area contributed by atoms with Crippen LogP contribution in [0, 0.1) is 6.92 Å². The molecule has 0 bridgehead atoms. The molecule has 1 rings (SSSR count). The highest BCUT2D eigenvalue weighted by Gasteiger charge is 2.12. The number of hydrogen-bond acceptors (Lipinski definition) is 3. The highest BCUT2D eigenvalue weighted by molar-refractivity contribution is 5.94. The number of esters is 1. The summed E-state index contributed by atoms with van der Waals surface area (Å²) in [5.41, 5.74) is 0.543. The Bertz CT molecular complexity index is 362. The zero-order valence-electron chi connectivity index (χ0n) is 9.10. The summed E-state index contributed by atoms with van der Waals surface area (Å²) < 4.78 is 4.48. The number of hydrogen-bond donors (Lipinski definition) is 1. The van der Waals surface area contributed by atoms with Gasteiger partial charge in [-0.25, -0.2) is 0 Å². The van der Waals surface area contributed by atoms with Crippen LogP contribution in [-0.4, -0.2) is 25.0 Å². The summed E-state index contributed by atoms with van der Waals surface area (Å²) in [4.78, 5) is 22.5. The van der Waals surface area contributed by atoms with Gasteiger partial charge in [0.05, 0.1) is 13.5 Å². The SMILES string of the molecule is [CH2][C@H](CC(=O)OC)NC(=O)c1ccccc1. The van der Waals surface area contributed by atoms with Gasteiger partial charge in [-0.15, -0.1) is 0 Å². The van der Waals surface area contributed by atoms with Crippen LogP contribution in [-0.2, 0) is 9.53 Å². The Balaban J connectivity index is 2.49. The Morgan fingerprint density at radius 3 is 2.56 bits per heavy atom. The minimum Gasteiger partial charge on any atom is -0.469 e. The van der Waals surface area contributed by atoms with Crippen LogP contribution >= 0.6 is 0 Å². The Morgan fingerprint density at radius 2 is 2.00 bits per heavy atom. The summed E-state index contributed by atoms with van der Waals surface area (Å²) in [6.07, 6.45) is 0.0646. The molecule has 1 aromatic carbocycles. The zero-order chi connectivity index (χ0) is 12.0. The molecule has 0 saturated carbocycles. The van der Waals surface area contributed by atoms with E-state index in [-0.39, 0.29) is 12.3 Å². The second-order valence-corrected chi connectivity index (χ2v) is 3.32. The lowest BCUT2D eigenvalue weighted by Crippen LogP contribution is -2.34. The number of rotatable bonds is 4. The fraction of sp³-hybridized carbons (Fsp3) is 0.250. The molecular formula is C12H14NO3. The van der Waals surface area contributed by atoms with Gasteiger partial charge in [0.15, 0.2) is 0 Å². The second-order valence-electron chi connectivity index (χ2n) is 3.32. The molecule has 4 heteroatoms. The second kappa shape index (κ2) is 5.90. The van der Waals surface area contributed by atoms with Crippen LogP contribution in [0.25, 0.3) is 0 Å². The van der Waals surface area contributed by atoms with Crippen LogP contribution in [0.2, 0.25) is 0 Å². The molecule has 1 aromatic rings. The highest BCUT2D eigenvalue weighted by atomic mass is 16.5. The van der Waals surface area contributed by atoms with Crippen molar-refractivity contribution in [1.82, 2.24) is 5.32 Å². The molecular weight excluding hydrogens is 206 g/mol. The van der Waals surface area contributed by atoms with Gasteiger partial charge in [0, 0.05) is 11.6 Å². The summed E-state index contributed by atoms with van der Waals surface area (Å²) in [6, 6.07) is 8.27. The maximum atomic E-state index is 11.6. The van der Waals surface area contributed by atoms with Crippen LogP contribution < -0.4 is 5.32 Å². The van der Waals surface area contributed by atoms with Crippen LogP contribution in [0.4, 0.5) is 0 Å². The molecule has 0 fully saturated rings. The third-order valence-corrected chi connectivity index (χ3v) is 2.01. The number of methoxy groups -OCH3 is 1. The Morgan fingerprint density at radius 1 is 1.38 bits per heavy atom. The standard InChI is InChI=1S/C12H14NO3/c1-9(8-11(14)16-2)13-12(15)10-6-4-3-5-7-10/h3-7,9H,1,8H2,2H3,(H,13,15)/t9-/m1/s1. The van der Waals surface area contributed by atoms with Gasteiger partial charge in [-0.05, 0) is 19.1 Å². The van der Waals surface area contributed by atoms with Crippen molar-refractivity contribution in [2.45, 2.75) is 12.5 Å². The first kappa shape index (κ1) is 12.2. The lowest BCUT2D eigenvalue weighted by Gasteiger charge is -2.12. The third kappa shape index (κ3) is 3.73. The molecule has 0 aliphatic heterocycles. The summed E-state index contributed by atoms with van der Waals surface area (Å²) in [6.45, 7) is 3.66. The monoisotopic (exact) mass is 220 g/mol. The maximum Gasteiger partial charge on any atom is 0.307 e. The number of carbonyl (C=O) groups excluding carboxylic acids is 2. The van der Waals surface area contributed by atoms with Gasteiger partial charge >= 0.3 is 5.97 Å². The van der Waals surface area contributed by atoms with Gasteiger partial charge in [0.25, 0.3) is 5.91 Å². The van der Waals surface area contributed by atoms with E-state index in [1.54, 1.807) is 24.3 Å². The first-order valence-corrected chi connectivity index (χ1v) is 4.89. The van der Waals surface area contributed by atoms with Crippen molar-refractivity contribution in [3.63, 3.8) is 0 Å². The third-order valence-electron chi connectivity index (χ3n) is 2.01. The summed E-state index contributed by atoms with van der Waals surface area (Å²) in [5, 5.41) is 2.61. The van der Waals surface area contributed by atoms with Gasteiger partial charge < -0.3 is 10.1 Å². The molecule has 16 heavy (non-hydrogen) atoms. The number of nitrogens with one attached hydrogen (secondary N) is 1. The van der Waals surface area contributed by atoms with Crippen molar-refractivity contribution in [3.8, 4) is 0 Å². The van der Waals surface area contributed by atoms with E-state index in [9.17, 15) is 9.59 Å². The fourth-order valence-electron chi connectivity index (χ4n) is 1.19. The lowest BCUT2D eigenvalue weighted by molar-refractivity contribution is -0.140. The highest BCUT2D eigenvalue weighted by Crippen LogP contribution is 2.00. The minimum atomic E-state index is -0.486. The average molecular weight is 220 g/mol. The van der Waals surface area contributed by atoms with Crippen molar-refractivity contribution in [2.75, 3.05) is 7.11 Å². The molecule has 0 saturated heterocycles. The largest absolute Gasteiger partial charge is 0.469 e. The molecule has 85 valence electrons. The Labute approximate surface area is 94.6 Å². The molecule has 4 nitrogen and oxygen atoms in total. The predicted molar refractivity (Wildman–Crippen MR) is 59.7 cm³/mol. The van der Waals surface area contributed by atoms with E-state index in [2.05, 4.69) is 17.0 Å².